The van der Waals surface area contributed by atoms with Gasteiger partial charge >= 0.3 is 0 Å². The molecule has 0 bridgehead atoms. The molecule has 0 N–H and O–H groups in total. The van der Waals surface area contributed by atoms with E-state index >= 15 is 0 Å². The average Bonchev–Trinajstić information content (AvgIpc) is 2.78. The molecule has 13 heteroatoms. The third kappa shape index (κ3) is 4.49. The maximum atomic E-state index is 13.0. The molecule has 1 heterocycles. The number of ether oxygens (including phenoxy) is 2. The van der Waals surface area contributed by atoms with Crippen molar-refractivity contribution in [3.63, 3.8) is 0 Å². The van der Waals surface area contributed by atoms with E-state index in [1.807, 2.05) is 0 Å². The highest BCUT2D eigenvalue weighted by Gasteiger charge is 2.34. The quantitative estimate of drug-likeness (QED) is 0.435. The summed E-state index contributed by atoms with van der Waals surface area (Å²) < 4.78 is 64.2. The van der Waals surface area contributed by atoms with E-state index < -0.39 is 25.0 Å². The summed E-state index contributed by atoms with van der Waals surface area (Å²) in [5.41, 5.74) is -0.218. The van der Waals surface area contributed by atoms with Gasteiger partial charge in [-0.05, 0) is 24.3 Å². The van der Waals surface area contributed by atoms with Crippen molar-refractivity contribution in [3.8, 4) is 11.5 Å². The fraction of sp³-hybridized carbons (Fsp3) is 0.333. The maximum absolute atomic E-state index is 13.0. The predicted octanol–water partition coefficient (Wildman–Crippen LogP) is 1.31. The van der Waals surface area contributed by atoms with E-state index in [-0.39, 0.29) is 47.4 Å². The van der Waals surface area contributed by atoms with Crippen molar-refractivity contribution < 1.29 is 31.2 Å². The van der Waals surface area contributed by atoms with Crippen LogP contribution < -0.4 is 9.47 Å². The molecule has 1 fully saturated rings. The smallest absolute Gasteiger partial charge is 0.269 e. The first kappa shape index (κ1) is 22.9. The Bertz CT molecular complexity index is 1170. The lowest BCUT2D eigenvalue weighted by Crippen LogP contribution is -2.50. The third-order valence-corrected chi connectivity index (χ3v) is 8.68. The topological polar surface area (TPSA) is 136 Å². The van der Waals surface area contributed by atoms with Crippen LogP contribution in [0.3, 0.4) is 0 Å². The number of methoxy groups -OCH3 is 2. The van der Waals surface area contributed by atoms with Crippen LogP contribution in [0.25, 0.3) is 0 Å². The minimum atomic E-state index is -3.91. The van der Waals surface area contributed by atoms with E-state index in [9.17, 15) is 26.9 Å². The molecule has 0 atom stereocenters. The summed E-state index contributed by atoms with van der Waals surface area (Å²) in [7, 11) is -4.93. The Balaban J connectivity index is 1.75. The zero-order chi connectivity index (χ0) is 22.8. The monoisotopic (exact) mass is 471 g/mol. The van der Waals surface area contributed by atoms with E-state index in [1.54, 1.807) is 0 Å². The third-order valence-electron chi connectivity index (χ3n) is 4.88. The number of nitrogens with zero attached hydrogens (tertiary/aromatic N) is 3. The van der Waals surface area contributed by atoms with Crippen molar-refractivity contribution >= 4 is 25.7 Å². The van der Waals surface area contributed by atoms with Crippen molar-refractivity contribution in [2.45, 2.75) is 9.79 Å². The summed E-state index contributed by atoms with van der Waals surface area (Å²) in [6.45, 7) is -0.177. The Labute approximate surface area is 180 Å². The Morgan fingerprint density at radius 3 is 1.68 bits per heavy atom. The summed E-state index contributed by atoms with van der Waals surface area (Å²) in [5, 5.41) is 10.8. The van der Waals surface area contributed by atoms with Gasteiger partial charge in [0.05, 0.1) is 28.9 Å². The van der Waals surface area contributed by atoms with Gasteiger partial charge in [-0.1, -0.05) is 0 Å². The van der Waals surface area contributed by atoms with Gasteiger partial charge in [-0.25, -0.2) is 16.8 Å². The van der Waals surface area contributed by atoms with E-state index in [0.29, 0.717) is 5.75 Å². The van der Waals surface area contributed by atoms with Crippen molar-refractivity contribution in [2.75, 3.05) is 40.4 Å². The number of rotatable bonds is 7. The first-order valence-electron chi connectivity index (χ1n) is 9.08. The summed E-state index contributed by atoms with van der Waals surface area (Å²) in [6, 6.07) is 8.81. The number of benzene rings is 2. The Morgan fingerprint density at radius 1 is 0.774 bits per heavy atom. The Hall–Kier alpha value is -2.74. The molecule has 0 spiro atoms. The molecule has 0 unspecified atom stereocenters. The van der Waals surface area contributed by atoms with Gasteiger partial charge in [0, 0.05) is 44.4 Å². The second-order valence-corrected chi connectivity index (χ2v) is 10.5. The lowest BCUT2D eigenvalue weighted by Gasteiger charge is -2.33. The number of non-ortho nitro benzene ring substituents is 1. The standard InChI is InChI=1S/C18H21N3O8S2/c1-28-17-8-7-16(13-18(17)29-2)31(26,27)20-11-9-19(10-12-20)30(24,25)15-5-3-14(4-6-15)21(22)23/h3-8,13H,9-12H2,1-2H3. The predicted molar refractivity (Wildman–Crippen MR) is 110 cm³/mol. The van der Waals surface area contributed by atoms with Crippen molar-refractivity contribution in [1.82, 2.24) is 8.61 Å². The molecule has 168 valence electrons. The molecular formula is C18H21N3O8S2. The van der Waals surface area contributed by atoms with Crippen LogP contribution in [0.2, 0.25) is 0 Å². The molecule has 1 aliphatic heterocycles. The lowest BCUT2D eigenvalue weighted by molar-refractivity contribution is -0.384. The highest BCUT2D eigenvalue weighted by atomic mass is 32.2. The van der Waals surface area contributed by atoms with Crippen LogP contribution in [0.4, 0.5) is 5.69 Å². The van der Waals surface area contributed by atoms with E-state index in [1.165, 1.54) is 48.9 Å². The molecule has 0 aromatic heterocycles. The molecule has 1 aliphatic rings. The van der Waals surface area contributed by atoms with Gasteiger partial charge in [-0.2, -0.15) is 8.61 Å². The first-order chi connectivity index (χ1) is 14.6. The van der Waals surface area contributed by atoms with Gasteiger partial charge in [0.1, 0.15) is 0 Å². The highest BCUT2D eigenvalue weighted by molar-refractivity contribution is 7.89. The van der Waals surface area contributed by atoms with Crippen LogP contribution in [0, 0.1) is 10.1 Å². The fourth-order valence-electron chi connectivity index (χ4n) is 3.17. The van der Waals surface area contributed by atoms with Gasteiger partial charge < -0.3 is 9.47 Å². The second-order valence-electron chi connectivity index (χ2n) is 6.58. The number of hydrogen-bond acceptors (Lipinski definition) is 8. The number of piperazine rings is 1. The number of nitro groups is 1. The molecule has 0 amide bonds. The maximum Gasteiger partial charge on any atom is 0.269 e. The number of nitro benzene ring substituents is 1. The zero-order valence-corrected chi connectivity index (χ0v) is 18.4. The number of hydrogen-bond donors (Lipinski definition) is 0. The first-order valence-corrected chi connectivity index (χ1v) is 12.0. The van der Waals surface area contributed by atoms with E-state index in [2.05, 4.69) is 0 Å². The SMILES string of the molecule is COc1ccc(S(=O)(=O)N2CCN(S(=O)(=O)c3ccc([N+](=O)[O-])cc3)CC2)cc1OC. The van der Waals surface area contributed by atoms with Crippen LogP contribution in [0.1, 0.15) is 0 Å². The Kier molecular flexibility index (Phi) is 6.50. The van der Waals surface area contributed by atoms with Gasteiger partial charge in [-0.15, -0.1) is 0 Å². The van der Waals surface area contributed by atoms with Crippen LogP contribution in [-0.2, 0) is 20.0 Å². The fourth-order valence-corrected chi connectivity index (χ4v) is 6.03. The van der Waals surface area contributed by atoms with E-state index in [0.717, 1.165) is 16.4 Å². The Morgan fingerprint density at radius 2 is 1.23 bits per heavy atom. The summed E-state index contributed by atoms with van der Waals surface area (Å²) in [6.07, 6.45) is 0. The molecular weight excluding hydrogens is 450 g/mol. The van der Waals surface area contributed by atoms with E-state index in [4.69, 9.17) is 9.47 Å². The minimum Gasteiger partial charge on any atom is -0.493 e. The molecule has 11 nitrogen and oxygen atoms in total. The molecule has 2 aromatic rings. The van der Waals surface area contributed by atoms with Crippen molar-refractivity contribution in [3.05, 3.63) is 52.6 Å². The molecule has 0 radical (unpaired) electrons. The minimum absolute atomic E-state index is 0.0110. The molecule has 2 aromatic carbocycles. The van der Waals surface area contributed by atoms with Crippen LogP contribution >= 0.6 is 0 Å². The van der Waals surface area contributed by atoms with Crippen LogP contribution in [0.15, 0.2) is 52.3 Å². The van der Waals surface area contributed by atoms with Gasteiger partial charge in [0.2, 0.25) is 20.0 Å². The molecule has 3 rings (SSSR count). The summed E-state index contributed by atoms with van der Waals surface area (Å²) >= 11 is 0. The summed E-state index contributed by atoms with van der Waals surface area (Å²) in [5.74, 6) is 0.656. The largest absolute Gasteiger partial charge is 0.493 e. The van der Waals surface area contributed by atoms with Crippen LogP contribution in [0.5, 0.6) is 11.5 Å². The van der Waals surface area contributed by atoms with Gasteiger partial charge in [0.15, 0.2) is 11.5 Å². The molecule has 0 aliphatic carbocycles. The van der Waals surface area contributed by atoms with Crippen LogP contribution in [-0.4, -0.2) is 70.8 Å². The zero-order valence-electron chi connectivity index (χ0n) is 16.8. The molecule has 0 saturated carbocycles. The lowest BCUT2D eigenvalue weighted by atomic mass is 10.3. The average molecular weight is 472 g/mol. The molecule has 1 saturated heterocycles. The van der Waals surface area contributed by atoms with Crippen molar-refractivity contribution in [1.29, 1.82) is 0 Å². The van der Waals surface area contributed by atoms with Gasteiger partial charge in [0.25, 0.3) is 5.69 Å². The van der Waals surface area contributed by atoms with Crippen molar-refractivity contribution in [2.24, 2.45) is 0 Å². The second kappa shape index (κ2) is 8.78. The normalized spacial score (nSPS) is 16.1. The highest BCUT2D eigenvalue weighted by Crippen LogP contribution is 2.31. The summed E-state index contributed by atoms with van der Waals surface area (Å²) in [4.78, 5) is 10.1. The number of sulfonamides is 2. The molecule has 31 heavy (non-hydrogen) atoms. The van der Waals surface area contributed by atoms with Gasteiger partial charge in [-0.3, -0.25) is 10.1 Å².